The minimum Gasteiger partial charge on any atom is -0.488 e. The van der Waals surface area contributed by atoms with E-state index in [9.17, 15) is 19.7 Å². The second kappa shape index (κ2) is 10.8. The van der Waals surface area contributed by atoms with Gasteiger partial charge in [0.15, 0.2) is 5.17 Å². The summed E-state index contributed by atoms with van der Waals surface area (Å²) in [4.78, 5) is 40.7. The van der Waals surface area contributed by atoms with Crippen molar-refractivity contribution in [1.82, 2.24) is 4.90 Å². The van der Waals surface area contributed by atoms with Crippen molar-refractivity contribution in [2.75, 3.05) is 7.05 Å². The van der Waals surface area contributed by atoms with E-state index in [0.29, 0.717) is 27.1 Å². The molecule has 1 N–H and O–H groups in total. The fourth-order valence-electron chi connectivity index (χ4n) is 3.22. The molecule has 1 aliphatic rings. The van der Waals surface area contributed by atoms with Crippen molar-refractivity contribution >= 4 is 62.2 Å². The average Bonchev–Trinajstić information content (AvgIpc) is 3.11. The summed E-state index contributed by atoms with van der Waals surface area (Å²) >= 11 is 4.64. The smallest absolute Gasteiger partial charge is 0.335 e. The highest BCUT2D eigenvalue weighted by Crippen LogP contribution is 2.35. The minimum atomic E-state index is -1.03. The van der Waals surface area contributed by atoms with Gasteiger partial charge < -0.3 is 9.84 Å². The highest BCUT2D eigenvalue weighted by Gasteiger charge is 2.30. The molecule has 1 amide bonds. The summed E-state index contributed by atoms with van der Waals surface area (Å²) < 4.78 is 6.76. The molecule has 0 atom stereocenters. The highest BCUT2D eigenvalue weighted by molar-refractivity contribution is 9.10. The third-order valence-corrected chi connectivity index (χ3v) is 6.70. The first-order valence-electron chi connectivity index (χ1n) is 10.5. The second-order valence-electron chi connectivity index (χ2n) is 7.62. The van der Waals surface area contributed by atoms with Crippen LogP contribution in [0, 0.1) is 10.1 Å². The molecule has 182 valence electrons. The molecule has 0 bridgehead atoms. The number of amidine groups is 1. The monoisotopic (exact) mass is 567 g/mol. The number of aliphatic imine (C=N–C) groups is 1. The molecular weight excluding hydrogens is 550 g/mol. The van der Waals surface area contributed by atoms with Gasteiger partial charge in [0.25, 0.3) is 11.6 Å². The molecule has 3 aromatic rings. The molecule has 1 fully saturated rings. The van der Waals surface area contributed by atoms with Gasteiger partial charge in [-0.3, -0.25) is 19.8 Å². The quantitative estimate of drug-likeness (QED) is 0.215. The molecule has 0 saturated carbocycles. The maximum absolute atomic E-state index is 12.9. The highest BCUT2D eigenvalue weighted by atomic mass is 79.9. The van der Waals surface area contributed by atoms with Crippen LogP contribution in [-0.4, -0.2) is 39.0 Å². The van der Waals surface area contributed by atoms with Crippen LogP contribution < -0.4 is 4.74 Å². The predicted molar refractivity (Wildman–Crippen MR) is 140 cm³/mol. The number of aromatic carboxylic acids is 1. The summed E-state index contributed by atoms with van der Waals surface area (Å²) in [6.45, 7) is 0.190. The number of carbonyl (C=O) groups excluding carboxylic acids is 1. The lowest BCUT2D eigenvalue weighted by Gasteiger charge is -2.10. The third-order valence-electron chi connectivity index (χ3n) is 5.14. The van der Waals surface area contributed by atoms with Crippen molar-refractivity contribution in [1.29, 1.82) is 0 Å². The molecular formula is C25H18BrN3O6S. The zero-order chi connectivity index (χ0) is 25.8. The van der Waals surface area contributed by atoms with E-state index in [-0.39, 0.29) is 23.8 Å². The van der Waals surface area contributed by atoms with Gasteiger partial charge >= 0.3 is 5.97 Å². The lowest BCUT2D eigenvalue weighted by Crippen LogP contribution is -2.23. The number of carboxylic acids is 1. The Morgan fingerprint density at radius 2 is 1.86 bits per heavy atom. The van der Waals surface area contributed by atoms with Gasteiger partial charge in [-0.15, -0.1) is 0 Å². The number of likely N-dealkylation sites (N-methyl/N-ethyl adjacent to an activating group) is 1. The van der Waals surface area contributed by atoms with Crippen LogP contribution in [0.3, 0.4) is 0 Å². The molecule has 0 aliphatic carbocycles. The van der Waals surface area contributed by atoms with Crippen LogP contribution in [0.15, 0.2) is 81.1 Å². The molecule has 11 heteroatoms. The molecule has 3 aromatic carbocycles. The van der Waals surface area contributed by atoms with Gasteiger partial charge in [-0.05, 0) is 78.0 Å². The van der Waals surface area contributed by atoms with Gasteiger partial charge in [-0.2, -0.15) is 0 Å². The van der Waals surface area contributed by atoms with Gasteiger partial charge in [0, 0.05) is 29.2 Å². The van der Waals surface area contributed by atoms with Crippen LogP contribution in [0.4, 0.5) is 11.4 Å². The van der Waals surface area contributed by atoms with Crippen molar-refractivity contribution in [3.63, 3.8) is 0 Å². The molecule has 9 nitrogen and oxygen atoms in total. The Balaban J connectivity index is 1.55. The van der Waals surface area contributed by atoms with Crippen LogP contribution in [0.2, 0.25) is 0 Å². The molecule has 0 spiro atoms. The number of hydrogen-bond donors (Lipinski definition) is 1. The van der Waals surface area contributed by atoms with Crippen LogP contribution in [0.25, 0.3) is 6.08 Å². The SMILES string of the molecule is CN1C(=O)C(=Cc2cc(Br)ccc2OCc2ccc([N+](=O)[O-])cc2)SC1=Nc1ccc(C(=O)O)cc1. The molecule has 1 saturated heterocycles. The van der Waals surface area contributed by atoms with Crippen LogP contribution in [-0.2, 0) is 11.4 Å². The number of halogens is 1. The molecule has 4 rings (SSSR count). The van der Waals surface area contributed by atoms with Gasteiger partial charge in [0.2, 0.25) is 0 Å². The number of amides is 1. The number of rotatable bonds is 7. The Bertz CT molecular complexity index is 1400. The summed E-state index contributed by atoms with van der Waals surface area (Å²) in [7, 11) is 1.62. The molecule has 36 heavy (non-hydrogen) atoms. The van der Waals surface area contributed by atoms with Crippen LogP contribution >= 0.6 is 27.7 Å². The first-order valence-corrected chi connectivity index (χ1v) is 12.1. The van der Waals surface area contributed by atoms with Crippen molar-refractivity contribution in [2.45, 2.75) is 6.61 Å². The van der Waals surface area contributed by atoms with Gasteiger partial charge in [0.1, 0.15) is 12.4 Å². The lowest BCUT2D eigenvalue weighted by atomic mass is 10.1. The third kappa shape index (κ3) is 5.81. The van der Waals surface area contributed by atoms with E-state index in [0.717, 1.165) is 10.0 Å². The summed E-state index contributed by atoms with van der Waals surface area (Å²) in [5.41, 5.74) is 2.11. The number of non-ortho nitro benzene ring substituents is 1. The number of carboxylic acid groups (broad SMARTS) is 1. The van der Waals surface area contributed by atoms with Crippen molar-refractivity contribution in [2.24, 2.45) is 4.99 Å². The van der Waals surface area contributed by atoms with Crippen molar-refractivity contribution < 1.29 is 24.4 Å². The van der Waals surface area contributed by atoms with Crippen molar-refractivity contribution in [3.05, 3.63) is 103 Å². The zero-order valence-corrected chi connectivity index (χ0v) is 21.2. The number of nitrogens with zero attached hydrogens (tertiary/aromatic N) is 3. The Morgan fingerprint density at radius 1 is 1.17 bits per heavy atom. The molecule has 1 aliphatic heterocycles. The number of hydrogen-bond acceptors (Lipinski definition) is 7. The summed E-state index contributed by atoms with van der Waals surface area (Å²) in [5.74, 6) is -0.723. The zero-order valence-electron chi connectivity index (χ0n) is 18.8. The lowest BCUT2D eigenvalue weighted by molar-refractivity contribution is -0.384. The Morgan fingerprint density at radius 3 is 2.50 bits per heavy atom. The van der Waals surface area contributed by atoms with E-state index in [2.05, 4.69) is 20.9 Å². The Labute approximate surface area is 218 Å². The summed E-state index contributed by atoms with van der Waals surface area (Å²) in [6, 6.07) is 17.6. The van der Waals surface area contributed by atoms with E-state index in [4.69, 9.17) is 9.84 Å². The summed E-state index contributed by atoms with van der Waals surface area (Å²) in [6.07, 6.45) is 1.72. The number of nitro groups is 1. The number of nitro benzene ring substituents is 1. The van der Waals surface area contributed by atoms with Gasteiger partial charge in [0.05, 0.1) is 21.1 Å². The number of carbonyl (C=O) groups is 2. The Hall–Kier alpha value is -3.96. The standard InChI is InChI=1S/C25H18BrN3O6S/c1-28-23(30)22(36-25(28)27-19-7-4-16(5-8-19)24(31)32)13-17-12-18(26)6-11-21(17)35-14-15-2-9-20(10-3-15)29(33)34/h2-13H,14H2,1H3,(H,31,32). The van der Waals surface area contributed by atoms with E-state index in [1.165, 1.54) is 40.9 Å². The van der Waals surface area contributed by atoms with E-state index in [1.807, 2.05) is 12.1 Å². The van der Waals surface area contributed by atoms with Gasteiger partial charge in [-0.25, -0.2) is 9.79 Å². The van der Waals surface area contributed by atoms with E-state index < -0.39 is 10.9 Å². The maximum Gasteiger partial charge on any atom is 0.335 e. The normalized spacial score (nSPS) is 15.5. The topological polar surface area (TPSA) is 122 Å². The second-order valence-corrected chi connectivity index (χ2v) is 9.54. The van der Waals surface area contributed by atoms with Crippen molar-refractivity contribution in [3.8, 4) is 5.75 Å². The fourth-order valence-corrected chi connectivity index (χ4v) is 4.58. The maximum atomic E-state index is 12.9. The Kier molecular flexibility index (Phi) is 7.51. The summed E-state index contributed by atoms with van der Waals surface area (Å²) in [5, 5.41) is 20.4. The van der Waals surface area contributed by atoms with Crippen LogP contribution in [0.1, 0.15) is 21.5 Å². The van der Waals surface area contributed by atoms with Gasteiger partial charge in [-0.1, -0.05) is 15.9 Å². The molecule has 0 aromatic heterocycles. The average molecular weight is 568 g/mol. The fraction of sp³-hybridized carbons (Fsp3) is 0.0800. The molecule has 0 unspecified atom stereocenters. The number of benzene rings is 3. The van der Waals surface area contributed by atoms with Crippen LogP contribution in [0.5, 0.6) is 5.75 Å². The minimum absolute atomic E-state index is 0.00371. The largest absolute Gasteiger partial charge is 0.488 e. The molecule has 1 heterocycles. The van der Waals surface area contributed by atoms with E-state index in [1.54, 1.807) is 43.5 Å². The van der Waals surface area contributed by atoms with E-state index >= 15 is 0 Å². The number of thioether (sulfide) groups is 1. The number of ether oxygens (including phenoxy) is 1. The molecule has 0 radical (unpaired) electrons. The predicted octanol–water partition coefficient (Wildman–Crippen LogP) is 5.87. The first kappa shape index (κ1) is 25.1. The first-order chi connectivity index (χ1) is 17.2.